The number of carbonyl (C=O) groups is 1. The van der Waals surface area contributed by atoms with Gasteiger partial charge in [0.25, 0.3) is 0 Å². The molecule has 0 aliphatic rings. The van der Waals surface area contributed by atoms with Crippen molar-refractivity contribution in [3.8, 4) is 0 Å². The summed E-state index contributed by atoms with van der Waals surface area (Å²) in [6.45, 7) is 3.46. The number of hydrogen-bond acceptors (Lipinski definition) is 5. The normalized spacial score (nSPS) is 11.6. The van der Waals surface area contributed by atoms with Gasteiger partial charge in [0.2, 0.25) is 0 Å². The summed E-state index contributed by atoms with van der Waals surface area (Å²) in [5.74, 6) is 0.00413. The average molecular weight is 232 g/mol. The molecule has 0 saturated carbocycles. The molecule has 0 amide bonds. The maximum atomic E-state index is 10.8. The highest BCUT2D eigenvalue weighted by molar-refractivity contribution is 8.00. The molecule has 1 N–H and O–H groups in total. The van der Waals surface area contributed by atoms with Gasteiger partial charge in [-0.1, -0.05) is 23.1 Å². The second-order valence-corrected chi connectivity index (χ2v) is 5.67. The summed E-state index contributed by atoms with van der Waals surface area (Å²) in [6.07, 6.45) is 0.632. The van der Waals surface area contributed by atoms with Gasteiger partial charge in [0.05, 0.1) is 5.41 Å². The standard InChI is InChI=1S/C8H12N2O2S2/c1-8(2,6(11)12)3-4-13-7-10-9-5-14-7/h5H,3-4H2,1-2H3,(H,11,12). The van der Waals surface area contributed by atoms with E-state index in [9.17, 15) is 4.79 Å². The van der Waals surface area contributed by atoms with Crippen LogP contribution in [0.5, 0.6) is 0 Å². The van der Waals surface area contributed by atoms with Crippen LogP contribution < -0.4 is 0 Å². The zero-order valence-corrected chi connectivity index (χ0v) is 9.69. The lowest BCUT2D eigenvalue weighted by Crippen LogP contribution is -2.24. The molecule has 1 heterocycles. The first-order valence-corrected chi connectivity index (χ1v) is 6.01. The van der Waals surface area contributed by atoms with Gasteiger partial charge in [0.1, 0.15) is 5.51 Å². The Morgan fingerprint density at radius 2 is 2.43 bits per heavy atom. The molecule has 0 bridgehead atoms. The van der Waals surface area contributed by atoms with Gasteiger partial charge in [0.15, 0.2) is 4.34 Å². The van der Waals surface area contributed by atoms with E-state index in [1.54, 1.807) is 31.1 Å². The number of nitrogens with zero attached hydrogens (tertiary/aromatic N) is 2. The molecule has 14 heavy (non-hydrogen) atoms. The molecule has 0 aliphatic carbocycles. The van der Waals surface area contributed by atoms with E-state index in [-0.39, 0.29) is 0 Å². The average Bonchev–Trinajstić information content (AvgIpc) is 2.56. The van der Waals surface area contributed by atoms with Crippen molar-refractivity contribution in [3.63, 3.8) is 0 Å². The maximum absolute atomic E-state index is 10.8. The highest BCUT2D eigenvalue weighted by Crippen LogP contribution is 2.27. The molecule has 0 aliphatic heterocycles. The fraction of sp³-hybridized carbons (Fsp3) is 0.625. The van der Waals surface area contributed by atoms with Gasteiger partial charge in [-0.2, -0.15) is 0 Å². The van der Waals surface area contributed by atoms with Crippen LogP contribution in [0, 0.1) is 5.41 Å². The summed E-state index contributed by atoms with van der Waals surface area (Å²) in [5, 5.41) is 16.4. The lowest BCUT2D eigenvalue weighted by Gasteiger charge is -2.17. The topological polar surface area (TPSA) is 63.1 Å². The summed E-state index contributed by atoms with van der Waals surface area (Å²) in [6, 6.07) is 0. The van der Waals surface area contributed by atoms with Gasteiger partial charge in [-0.3, -0.25) is 4.79 Å². The van der Waals surface area contributed by atoms with Gasteiger partial charge >= 0.3 is 5.97 Å². The molecule has 0 aromatic carbocycles. The van der Waals surface area contributed by atoms with E-state index in [2.05, 4.69) is 10.2 Å². The first-order valence-electron chi connectivity index (χ1n) is 4.15. The van der Waals surface area contributed by atoms with Gasteiger partial charge in [-0.05, 0) is 20.3 Å². The molecule has 4 nitrogen and oxygen atoms in total. The van der Waals surface area contributed by atoms with Crippen LogP contribution in [0.25, 0.3) is 0 Å². The zero-order valence-electron chi connectivity index (χ0n) is 8.06. The molecule has 0 radical (unpaired) electrons. The lowest BCUT2D eigenvalue weighted by molar-refractivity contribution is -0.146. The van der Waals surface area contributed by atoms with Crippen LogP contribution in [0.1, 0.15) is 20.3 Å². The fourth-order valence-electron chi connectivity index (χ4n) is 0.726. The Balaban J connectivity index is 2.31. The number of carboxylic acids is 1. The second-order valence-electron chi connectivity index (χ2n) is 3.49. The molecule has 6 heteroatoms. The molecule has 0 atom stereocenters. The Bertz CT molecular complexity index is 298. The van der Waals surface area contributed by atoms with Crippen molar-refractivity contribution >= 4 is 29.1 Å². The minimum absolute atomic E-state index is 0.632. The molecule has 0 fully saturated rings. The quantitative estimate of drug-likeness (QED) is 0.788. The van der Waals surface area contributed by atoms with Crippen molar-refractivity contribution in [3.05, 3.63) is 5.51 Å². The van der Waals surface area contributed by atoms with Crippen molar-refractivity contribution in [2.24, 2.45) is 5.41 Å². The van der Waals surface area contributed by atoms with Crippen molar-refractivity contribution in [2.75, 3.05) is 5.75 Å². The third kappa shape index (κ3) is 3.26. The highest BCUT2D eigenvalue weighted by atomic mass is 32.2. The Morgan fingerprint density at radius 1 is 1.71 bits per heavy atom. The largest absolute Gasteiger partial charge is 0.481 e. The Morgan fingerprint density at radius 3 is 2.93 bits per heavy atom. The predicted molar refractivity (Wildman–Crippen MR) is 56.7 cm³/mol. The molecule has 1 rings (SSSR count). The summed E-state index contributed by atoms with van der Waals surface area (Å²) >= 11 is 3.03. The minimum atomic E-state index is -0.754. The molecule has 1 aromatic heterocycles. The highest BCUT2D eigenvalue weighted by Gasteiger charge is 2.26. The summed E-state index contributed by atoms with van der Waals surface area (Å²) < 4.78 is 0.895. The van der Waals surface area contributed by atoms with Crippen LogP contribution in [0.4, 0.5) is 0 Å². The van der Waals surface area contributed by atoms with Crippen LogP contribution in [0.2, 0.25) is 0 Å². The predicted octanol–water partition coefficient (Wildman–Crippen LogP) is 2.13. The van der Waals surface area contributed by atoms with Crippen molar-refractivity contribution in [1.29, 1.82) is 0 Å². The zero-order chi connectivity index (χ0) is 10.6. The number of hydrogen-bond donors (Lipinski definition) is 1. The third-order valence-corrected chi connectivity index (χ3v) is 3.73. The number of carboxylic acid groups (broad SMARTS) is 1. The Labute approximate surface area is 90.7 Å². The monoisotopic (exact) mass is 232 g/mol. The van der Waals surface area contributed by atoms with Crippen molar-refractivity contribution < 1.29 is 9.90 Å². The fourth-order valence-corrected chi connectivity index (χ4v) is 2.55. The van der Waals surface area contributed by atoms with E-state index in [0.717, 1.165) is 10.1 Å². The number of thioether (sulfide) groups is 1. The number of aliphatic carboxylic acids is 1. The van der Waals surface area contributed by atoms with Gasteiger partial charge < -0.3 is 5.11 Å². The van der Waals surface area contributed by atoms with Gasteiger partial charge in [0, 0.05) is 5.75 Å². The molecule has 0 unspecified atom stereocenters. The molecule has 0 saturated heterocycles. The number of aromatic nitrogens is 2. The molecule has 1 aromatic rings. The molecular weight excluding hydrogens is 220 g/mol. The van der Waals surface area contributed by atoms with Crippen LogP contribution in [0.15, 0.2) is 9.85 Å². The Hall–Kier alpha value is -0.620. The smallest absolute Gasteiger partial charge is 0.309 e. The first kappa shape index (κ1) is 11.5. The summed E-state index contributed by atoms with van der Waals surface area (Å²) in [7, 11) is 0. The maximum Gasteiger partial charge on any atom is 0.309 e. The summed E-state index contributed by atoms with van der Waals surface area (Å²) in [5.41, 5.74) is 1.02. The van der Waals surface area contributed by atoms with Crippen LogP contribution in [0.3, 0.4) is 0 Å². The van der Waals surface area contributed by atoms with E-state index < -0.39 is 11.4 Å². The number of rotatable bonds is 5. The molecule has 78 valence electrons. The molecule has 0 spiro atoms. The van der Waals surface area contributed by atoms with Crippen molar-refractivity contribution in [2.45, 2.75) is 24.6 Å². The lowest BCUT2D eigenvalue weighted by atomic mass is 9.91. The van der Waals surface area contributed by atoms with E-state index in [1.165, 1.54) is 11.3 Å². The van der Waals surface area contributed by atoms with Gasteiger partial charge in [-0.15, -0.1) is 10.2 Å². The minimum Gasteiger partial charge on any atom is -0.481 e. The SMILES string of the molecule is CC(C)(CCSc1nncs1)C(=O)O. The second kappa shape index (κ2) is 4.75. The Kier molecular flexibility index (Phi) is 3.88. The van der Waals surface area contributed by atoms with Gasteiger partial charge in [-0.25, -0.2) is 0 Å². The third-order valence-electron chi connectivity index (χ3n) is 1.87. The molecular formula is C8H12N2O2S2. The van der Waals surface area contributed by atoms with E-state index >= 15 is 0 Å². The first-order chi connectivity index (χ1) is 6.52. The van der Waals surface area contributed by atoms with Crippen molar-refractivity contribution in [1.82, 2.24) is 10.2 Å². The van der Waals surface area contributed by atoms with E-state index in [1.807, 2.05) is 0 Å². The van der Waals surface area contributed by atoms with Crippen LogP contribution in [-0.4, -0.2) is 27.0 Å². The van der Waals surface area contributed by atoms with Crippen LogP contribution >= 0.6 is 23.1 Å². The van der Waals surface area contributed by atoms with Crippen LogP contribution in [-0.2, 0) is 4.79 Å². The van der Waals surface area contributed by atoms with E-state index in [4.69, 9.17) is 5.11 Å². The van der Waals surface area contributed by atoms with E-state index in [0.29, 0.717) is 6.42 Å². The summed E-state index contributed by atoms with van der Waals surface area (Å²) in [4.78, 5) is 10.8.